The number of thioether (sulfide) groups is 1. The molecule has 2 nitrogen and oxygen atoms in total. The summed E-state index contributed by atoms with van der Waals surface area (Å²) < 4.78 is 0. The molecule has 0 aliphatic carbocycles. The topological polar surface area (TPSA) is 33.1 Å². The Bertz CT molecular complexity index is 589. The number of pyridine rings is 1. The first-order valence-electron chi connectivity index (χ1n) is 5.80. The molecular weight excluding hydrogens is 242 g/mol. The van der Waals surface area contributed by atoms with E-state index in [1.54, 1.807) is 24.0 Å². The number of hydrogen-bond donors (Lipinski definition) is 1. The van der Waals surface area contributed by atoms with Gasteiger partial charge in [0.2, 0.25) is 0 Å². The van der Waals surface area contributed by atoms with E-state index in [1.165, 1.54) is 5.56 Å². The van der Waals surface area contributed by atoms with Crippen LogP contribution in [0.25, 0.3) is 10.9 Å². The number of benzene rings is 1. The quantitative estimate of drug-likeness (QED) is 0.847. The van der Waals surface area contributed by atoms with Crippen LogP contribution in [0, 0.1) is 12.3 Å². The second-order valence-corrected chi connectivity index (χ2v) is 5.08. The van der Waals surface area contributed by atoms with E-state index in [0.717, 1.165) is 18.2 Å². The molecular formula is C15H15NOS. The van der Waals surface area contributed by atoms with Crippen molar-refractivity contribution in [3.63, 3.8) is 0 Å². The first-order chi connectivity index (χ1) is 8.77. The Labute approximate surface area is 111 Å². The normalized spacial score (nSPS) is 12.2. The van der Waals surface area contributed by atoms with Gasteiger partial charge in [0.15, 0.2) is 0 Å². The summed E-state index contributed by atoms with van der Waals surface area (Å²) in [5.41, 5.74) is 1.86. The predicted molar refractivity (Wildman–Crippen MR) is 77.7 cm³/mol. The zero-order valence-corrected chi connectivity index (χ0v) is 11.1. The number of rotatable bonds is 4. The highest BCUT2D eigenvalue weighted by molar-refractivity contribution is 7.98. The van der Waals surface area contributed by atoms with Crippen molar-refractivity contribution in [2.45, 2.75) is 18.1 Å². The monoisotopic (exact) mass is 257 g/mol. The highest BCUT2D eigenvalue weighted by Gasteiger charge is 2.14. The molecule has 0 aliphatic rings. The van der Waals surface area contributed by atoms with Gasteiger partial charge in [-0.25, -0.2) is 0 Å². The SMILES string of the molecule is C#CCCC(SC)c1ccc(O)c2ncccc12. The molecule has 1 aromatic carbocycles. The second-order valence-electron chi connectivity index (χ2n) is 4.04. The molecule has 1 N–H and O–H groups in total. The van der Waals surface area contributed by atoms with Crippen LogP contribution in [-0.4, -0.2) is 16.3 Å². The highest BCUT2D eigenvalue weighted by atomic mass is 32.2. The molecule has 1 unspecified atom stereocenters. The van der Waals surface area contributed by atoms with Crippen molar-refractivity contribution >= 4 is 22.7 Å². The molecule has 0 aliphatic heterocycles. The zero-order valence-electron chi connectivity index (χ0n) is 10.3. The molecule has 0 amide bonds. The molecule has 1 atom stereocenters. The fraction of sp³-hybridized carbons (Fsp3) is 0.267. The van der Waals surface area contributed by atoms with E-state index in [1.807, 2.05) is 18.2 Å². The summed E-state index contributed by atoms with van der Waals surface area (Å²) in [6.45, 7) is 0. The number of aromatic nitrogens is 1. The maximum Gasteiger partial charge on any atom is 0.141 e. The molecule has 3 heteroatoms. The van der Waals surface area contributed by atoms with Crippen molar-refractivity contribution in [3.8, 4) is 18.1 Å². The average molecular weight is 257 g/mol. The zero-order chi connectivity index (χ0) is 13.0. The number of terminal acetylenes is 1. The lowest BCUT2D eigenvalue weighted by Gasteiger charge is -2.16. The number of fused-ring (bicyclic) bond motifs is 1. The molecule has 0 spiro atoms. The van der Waals surface area contributed by atoms with Crippen molar-refractivity contribution < 1.29 is 5.11 Å². The third-order valence-corrected chi connectivity index (χ3v) is 4.02. The van der Waals surface area contributed by atoms with Crippen molar-refractivity contribution in [2.24, 2.45) is 0 Å². The molecule has 2 aromatic rings. The summed E-state index contributed by atoms with van der Waals surface area (Å²) in [6, 6.07) is 7.57. The van der Waals surface area contributed by atoms with Crippen molar-refractivity contribution in [3.05, 3.63) is 36.0 Å². The first kappa shape index (κ1) is 12.8. The van der Waals surface area contributed by atoms with E-state index >= 15 is 0 Å². The number of aromatic hydroxyl groups is 1. The highest BCUT2D eigenvalue weighted by Crippen LogP contribution is 2.37. The Kier molecular flexibility index (Phi) is 4.11. The van der Waals surface area contributed by atoms with Crippen LogP contribution < -0.4 is 0 Å². The van der Waals surface area contributed by atoms with Crippen molar-refractivity contribution in [1.82, 2.24) is 4.98 Å². The molecule has 1 heterocycles. The van der Waals surface area contributed by atoms with Gasteiger partial charge in [-0.15, -0.1) is 12.3 Å². The van der Waals surface area contributed by atoms with Crippen LogP contribution >= 0.6 is 11.8 Å². The van der Waals surface area contributed by atoms with Gasteiger partial charge in [-0.05, 0) is 30.4 Å². The Morgan fingerprint density at radius 1 is 1.44 bits per heavy atom. The predicted octanol–water partition coefficient (Wildman–Crippen LogP) is 3.76. The number of hydrogen-bond acceptors (Lipinski definition) is 3. The number of phenolic OH excluding ortho intramolecular Hbond substituents is 1. The molecule has 0 saturated carbocycles. The smallest absolute Gasteiger partial charge is 0.141 e. The Balaban J connectivity index is 2.50. The largest absolute Gasteiger partial charge is 0.506 e. The Morgan fingerprint density at radius 2 is 2.28 bits per heavy atom. The lowest BCUT2D eigenvalue weighted by molar-refractivity contribution is 0.480. The van der Waals surface area contributed by atoms with Crippen LogP contribution in [-0.2, 0) is 0 Å². The summed E-state index contributed by atoms with van der Waals surface area (Å²) in [6.07, 6.45) is 10.8. The van der Waals surface area contributed by atoms with Crippen LogP contribution in [0.5, 0.6) is 5.75 Å². The van der Waals surface area contributed by atoms with E-state index in [0.29, 0.717) is 10.8 Å². The van der Waals surface area contributed by atoms with Crippen LogP contribution in [0.4, 0.5) is 0 Å². The lowest BCUT2D eigenvalue weighted by atomic mass is 10.0. The fourth-order valence-corrected chi connectivity index (χ4v) is 2.89. The van der Waals surface area contributed by atoms with Gasteiger partial charge in [0.25, 0.3) is 0 Å². The average Bonchev–Trinajstić information content (AvgIpc) is 2.42. The molecule has 2 rings (SSSR count). The van der Waals surface area contributed by atoms with Gasteiger partial charge in [-0.3, -0.25) is 4.98 Å². The molecule has 0 radical (unpaired) electrons. The summed E-state index contributed by atoms with van der Waals surface area (Å²) in [5, 5.41) is 11.2. The van der Waals surface area contributed by atoms with E-state index in [-0.39, 0.29) is 5.75 Å². The molecule has 0 bridgehead atoms. The summed E-state index contributed by atoms with van der Waals surface area (Å²) >= 11 is 1.78. The molecule has 0 fully saturated rings. The Morgan fingerprint density at radius 3 is 3.00 bits per heavy atom. The molecule has 92 valence electrons. The summed E-state index contributed by atoms with van der Waals surface area (Å²) in [5.74, 6) is 2.91. The van der Waals surface area contributed by atoms with E-state index < -0.39 is 0 Å². The van der Waals surface area contributed by atoms with Gasteiger partial charge in [0.05, 0.1) is 0 Å². The van der Waals surface area contributed by atoms with Gasteiger partial charge in [0, 0.05) is 23.3 Å². The van der Waals surface area contributed by atoms with Crippen LogP contribution in [0.15, 0.2) is 30.5 Å². The van der Waals surface area contributed by atoms with E-state index in [4.69, 9.17) is 6.42 Å². The fourth-order valence-electron chi connectivity index (χ4n) is 2.08. The molecule has 18 heavy (non-hydrogen) atoms. The van der Waals surface area contributed by atoms with E-state index in [9.17, 15) is 5.11 Å². The van der Waals surface area contributed by atoms with E-state index in [2.05, 4.69) is 17.2 Å². The van der Waals surface area contributed by atoms with Crippen LogP contribution in [0.2, 0.25) is 0 Å². The lowest BCUT2D eigenvalue weighted by Crippen LogP contribution is -1.95. The minimum Gasteiger partial charge on any atom is -0.506 e. The summed E-state index contributed by atoms with van der Waals surface area (Å²) in [7, 11) is 0. The first-order valence-corrected chi connectivity index (χ1v) is 7.09. The summed E-state index contributed by atoms with van der Waals surface area (Å²) in [4.78, 5) is 4.24. The van der Waals surface area contributed by atoms with Crippen molar-refractivity contribution in [1.29, 1.82) is 0 Å². The minimum absolute atomic E-state index is 0.228. The number of nitrogens with zero attached hydrogens (tertiary/aromatic N) is 1. The molecule has 1 aromatic heterocycles. The minimum atomic E-state index is 0.228. The van der Waals surface area contributed by atoms with Crippen LogP contribution in [0.3, 0.4) is 0 Å². The molecule has 0 saturated heterocycles. The van der Waals surface area contributed by atoms with Gasteiger partial charge >= 0.3 is 0 Å². The third kappa shape index (κ3) is 2.44. The Hall–Kier alpha value is -1.66. The van der Waals surface area contributed by atoms with Gasteiger partial charge in [0.1, 0.15) is 11.3 Å². The number of phenols is 1. The maximum atomic E-state index is 9.82. The third-order valence-electron chi connectivity index (χ3n) is 2.96. The maximum absolute atomic E-state index is 9.82. The standard InChI is InChI=1S/C15H15NOS/c1-3-4-7-14(18-2)11-8-9-13(17)15-12(11)6-5-10-16-15/h1,5-6,8-10,14,17H,4,7H2,2H3. The van der Waals surface area contributed by atoms with Crippen LogP contribution in [0.1, 0.15) is 23.7 Å². The second kappa shape index (κ2) is 5.79. The van der Waals surface area contributed by atoms with Gasteiger partial charge in [-0.1, -0.05) is 12.1 Å². The van der Waals surface area contributed by atoms with Crippen molar-refractivity contribution in [2.75, 3.05) is 6.26 Å². The van der Waals surface area contributed by atoms with Gasteiger partial charge in [-0.2, -0.15) is 11.8 Å². The van der Waals surface area contributed by atoms with Gasteiger partial charge < -0.3 is 5.11 Å².